The molecule has 0 N–H and O–H groups in total. The molecular weight excluding hydrogens is 757 g/mol. The van der Waals surface area contributed by atoms with Crippen LogP contribution in [0.15, 0.2) is 139 Å². The number of aromatic nitrogens is 2. The minimum atomic E-state index is -0.302. The van der Waals surface area contributed by atoms with Gasteiger partial charge in [-0.2, -0.15) is 0 Å². The Morgan fingerprint density at radius 3 is 1.73 bits per heavy atom. The molecule has 1 aliphatic heterocycles. The van der Waals surface area contributed by atoms with Crippen molar-refractivity contribution in [3.8, 4) is 17.3 Å². The second-order valence-electron chi connectivity index (χ2n) is 22.1. The van der Waals surface area contributed by atoms with E-state index >= 15 is 0 Å². The summed E-state index contributed by atoms with van der Waals surface area (Å²) < 4.78 is 9.35. The summed E-state index contributed by atoms with van der Waals surface area (Å²) in [7, 11) is 0. The Balaban J connectivity index is 1.26. The lowest BCUT2D eigenvalue weighted by atomic mass is 9.78. The van der Waals surface area contributed by atoms with Crippen molar-refractivity contribution < 1.29 is 4.74 Å². The van der Waals surface area contributed by atoms with Gasteiger partial charge in [-0.3, -0.25) is 4.57 Å². The van der Waals surface area contributed by atoms with Gasteiger partial charge in [0.15, 0.2) is 0 Å². The predicted molar refractivity (Wildman–Crippen MR) is 264 cm³/mol. The van der Waals surface area contributed by atoms with E-state index in [9.17, 15) is 0 Å². The van der Waals surface area contributed by atoms with Crippen molar-refractivity contribution in [1.82, 2.24) is 9.55 Å². The van der Waals surface area contributed by atoms with Gasteiger partial charge < -0.3 is 14.5 Å². The van der Waals surface area contributed by atoms with E-state index in [0.717, 1.165) is 39.4 Å². The van der Waals surface area contributed by atoms with Gasteiger partial charge in [-0.1, -0.05) is 152 Å². The maximum Gasteiger partial charge on any atom is 0.137 e. The molecule has 1 aliphatic rings. The normalized spacial score (nSPS) is 14.3. The minimum Gasteiger partial charge on any atom is -0.457 e. The molecule has 0 saturated carbocycles. The monoisotopic (exact) mass is 823 g/mol. The van der Waals surface area contributed by atoms with Crippen LogP contribution in [0.3, 0.4) is 0 Å². The number of pyridine rings is 1. The fourth-order valence-electron chi connectivity index (χ4n) is 8.69. The molecule has 5 aromatic carbocycles. The van der Waals surface area contributed by atoms with Crippen LogP contribution in [0.5, 0.6) is 11.5 Å². The van der Waals surface area contributed by atoms with Crippen LogP contribution < -0.4 is 14.5 Å². The first-order chi connectivity index (χ1) is 29.0. The van der Waals surface area contributed by atoms with E-state index in [0.29, 0.717) is 6.67 Å². The molecule has 0 amide bonds. The van der Waals surface area contributed by atoms with Gasteiger partial charge in [0.05, 0.1) is 17.7 Å². The zero-order chi connectivity index (χ0) is 44.6. The Kier molecular flexibility index (Phi) is 10.5. The molecule has 3 heterocycles. The van der Waals surface area contributed by atoms with Gasteiger partial charge in [-0.15, -0.1) is 0 Å². The molecule has 5 nitrogen and oxygen atoms in total. The molecule has 0 atom stereocenters. The van der Waals surface area contributed by atoms with Crippen LogP contribution in [-0.2, 0) is 21.7 Å². The first kappa shape index (κ1) is 42.9. The Morgan fingerprint density at radius 1 is 0.468 bits per heavy atom. The molecule has 0 unspecified atom stereocenters. The number of fused-ring (bicyclic) bond motifs is 3. The van der Waals surface area contributed by atoms with Crippen LogP contribution >= 0.6 is 0 Å². The van der Waals surface area contributed by atoms with Crippen molar-refractivity contribution in [1.29, 1.82) is 0 Å². The SMILES string of the molecule is CC(C)(C)C1=CN(c2cc(C(C)(C)C)cc(C(C)(C)C)c2)CN1c1cc(Oc2ccc3c4ccccc4n(-c4cc(C(C)(C)C)ccn4)c3c2)cc(C(C)(C)c2ccccc2)c1. The summed E-state index contributed by atoms with van der Waals surface area (Å²) in [6.45, 7) is 32.9. The van der Waals surface area contributed by atoms with Crippen LogP contribution in [0.25, 0.3) is 27.6 Å². The lowest BCUT2D eigenvalue weighted by Crippen LogP contribution is -2.31. The molecule has 7 aromatic rings. The van der Waals surface area contributed by atoms with Crippen molar-refractivity contribution in [2.45, 2.75) is 119 Å². The van der Waals surface area contributed by atoms with Gasteiger partial charge in [0.25, 0.3) is 0 Å². The Bertz CT molecular complexity index is 2780. The highest BCUT2D eigenvalue weighted by atomic mass is 16.5. The summed E-state index contributed by atoms with van der Waals surface area (Å²) in [5, 5.41) is 2.35. The molecular formula is C57H66N4O. The number of ether oxygens (including phenoxy) is 1. The molecule has 0 radical (unpaired) electrons. The highest BCUT2D eigenvalue weighted by molar-refractivity contribution is 6.09. The summed E-state index contributed by atoms with van der Waals surface area (Å²) in [6, 6.07) is 44.3. The van der Waals surface area contributed by atoms with Crippen molar-refractivity contribution in [3.05, 3.63) is 167 Å². The van der Waals surface area contributed by atoms with E-state index in [1.54, 1.807) is 0 Å². The predicted octanol–water partition coefficient (Wildman–Crippen LogP) is 15.4. The zero-order valence-electron chi connectivity index (χ0n) is 39.6. The number of hydrogen-bond acceptors (Lipinski definition) is 4. The fourth-order valence-corrected chi connectivity index (χ4v) is 8.69. The summed E-state index contributed by atoms with van der Waals surface area (Å²) in [5.41, 5.74) is 11.7. The van der Waals surface area contributed by atoms with Crippen molar-refractivity contribution in [2.24, 2.45) is 5.41 Å². The first-order valence-corrected chi connectivity index (χ1v) is 22.3. The molecule has 320 valence electrons. The smallest absolute Gasteiger partial charge is 0.137 e. The summed E-state index contributed by atoms with van der Waals surface area (Å²) >= 11 is 0. The maximum atomic E-state index is 7.07. The third kappa shape index (κ3) is 8.27. The molecule has 62 heavy (non-hydrogen) atoms. The van der Waals surface area contributed by atoms with Crippen molar-refractivity contribution in [2.75, 3.05) is 16.5 Å². The quantitative estimate of drug-likeness (QED) is 0.160. The first-order valence-electron chi connectivity index (χ1n) is 22.3. The lowest BCUT2D eigenvalue weighted by molar-refractivity contribution is 0.478. The number of para-hydroxylation sites is 1. The molecule has 0 spiro atoms. The number of rotatable bonds is 7. The molecule has 0 saturated heterocycles. The molecule has 2 aromatic heterocycles. The van der Waals surface area contributed by atoms with Gasteiger partial charge in [-0.25, -0.2) is 4.98 Å². The van der Waals surface area contributed by atoms with E-state index in [1.807, 2.05) is 6.20 Å². The Morgan fingerprint density at radius 2 is 1.08 bits per heavy atom. The van der Waals surface area contributed by atoms with Gasteiger partial charge >= 0.3 is 0 Å². The van der Waals surface area contributed by atoms with Crippen LogP contribution in [0, 0.1) is 5.41 Å². The van der Waals surface area contributed by atoms with Gasteiger partial charge in [0.1, 0.15) is 17.3 Å². The van der Waals surface area contributed by atoms with Crippen LogP contribution in [-0.4, -0.2) is 16.2 Å². The van der Waals surface area contributed by atoms with E-state index in [1.165, 1.54) is 44.6 Å². The third-order valence-electron chi connectivity index (χ3n) is 12.8. The summed E-state index contributed by atoms with van der Waals surface area (Å²) in [6.07, 6.45) is 4.31. The fraction of sp³-hybridized carbons (Fsp3) is 0.351. The van der Waals surface area contributed by atoms with Gasteiger partial charge in [0.2, 0.25) is 0 Å². The largest absolute Gasteiger partial charge is 0.457 e. The van der Waals surface area contributed by atoms with E-state index in [2.05, 4.69) is 239 Å². The minimum absolute atomic E-state index is 0.0127. The lowest BCUT2D eigenvalue weighted by Gasteiger charge is -2.33. The Labute approximate surface area is 371 Å². The molecule has 0 fully saturated rings. The van der Waals surface area contributed by atoms with E-state index in [-0.39, 0.29) is 27.1 Å². The summed E-state index contributed by atoms with van der Waals surface area (Å²) in [5.74, 6) is 2.47. The standard InChI is InChI=1S/C57H66N4O/c1-53(2,3)39-26-27-58-52(33-39)61-49-23-19-18-22-47(49)48-25-24-45(35-50(48)61)62-46-32-42(57(13,14)38-20-16-15-17-21-38)31-44(34-46)60-37-59(36-51(60)56(10,11)12)43-29-40(54(4,5)6)28-41(30-43)55(7,8)9/h15-36H,37H2,1-14H3. The number of anilines is 2. The van der Waals surface area contributed by atoms with Crippen LogP contribution in [0.1, 0.15) is 125 Å². The molecule has 0 bridgehead atoms. The van der Waals surface area contributed by atoms with Crippen molar-refractivity contribution >= 4 is 33.2 Å². The average molecular weight is 823 g/mol. The third-order valence-corrected chi connectivity index (χ3v) is 12.8. The van der Waals surface area contributed by atoms with Gasteiger partial charge in [0, 0.05) is 63.2 Å². The van der Waals surface area contributed by atoms with Crippen molar-refractivity contribution in [3.63, 3.8) is 0 Å². The van der Waals surface area contributed by atoms with Gasteiger partial charge in [-0.05, 0) is 98.7 Å². The Hall–Kier alpha value is -5.81. The molecule has 8 rings (SSSR count). The van der Waals surface area contributed by atoms with E-state index < -0.39 is 0 Å². The highest BCUT2D eigenvalue weighted by Crippen LogP contribution is 2.45. The number of benzene rings is 5. The second kappa shape index (κ2) is 15.2. The number of allylic oxidation sites excluding steroid dienone is 1. The number of nitrogens with zero attached hydrogens (tertiary/aromatic N) is 4. The maximum absolute atomic E-state index is 7.07. The second-order valence-corrected chi connectivity index (χ2v) is 22.1. The van der Waals surface area contributed by atoms with Crippen LogP contribution in [0.2, 0.25) is 0 Å². The topological polar surface area (TPSA) is 33.5 Å². The van der Waals surface area contributed by atoms with Crippen LogP contribution in [0.4, 0.5) is 11.4 Å². The zero-order valence-corrected chi connectivity index (χ0v) is 39.6. The summed E-state index contributed by atoms with van der Waals surface area (Å²) in [4.78, 5) is 9.86. The highest BCUT2D eigenvalue weighted by Gasteiger charge is 2.34. The van der Waals surface area contributed by atoms with E-state index in [4.69, 9.17) is 9.72 Å². The average Bonchev–Trinajstić information content (AvgIpc) is 3.81. The molecule has 0 aliphatic carbocycles. The number of hydrogen-bond donors (Lipinski definition) is 0. The molecule has 5 heteroatoms.